The first kappa shape index (κ1) is 12.6. The maximum absolute atomic E-state index is 11.6. The quantitative estimate of drug-likeness (QED) is 0.551. The van der Waals surface area contributed by atoms with Gasteiger partial charge in [0.1, 0.15) is 0 Å². The summed E-state index contributed by atoms with van der Waals surface area (Å²) in [6.07, 6.45) is 0. The van der Waals surface area contributed by atoms with Gasteiger partial charge in [-0.1, -0.05) is 0 Å². The number of rotatable bonds is 2. The lowest BCUT2D eigenvalue weighted by molar-refractivity contribution is 0.235. The van der Waals surface area contributed by atoms with Crippen molar-refractivity contribution in [3.63, 3.8) is 0 Å². The molecular weight excluding hydrogens is 234 g/mol. The third-order valence-corrected chi connectivity index (χ3v) is 2.59. The molecule has 1 amide bonds. The fraction of sp³-hybridized carbons (Fsp3) is 0.625. The minimum atomic E-state index is -0.690. The van der Waals surface area contributed by atoms with Crippen LogP contribution >= 0.6 is 11.6 Å². The standard InChI is InChI=1S/C8H14ClN5O2/c1-4(9)5(2)11-7(15)14-8(16)13(10)6(3)12-14/h4-5H,10H2,1-3H3,(H,11,15). The summed E-state index contributed by atoms with van der Waals surface area (Å²) in [4.78, 5) is 23.0. The predicted molar refractivity (Wildman–Crippen MR) is 60.1 cm³/mol. The lowest BCUT2D eigenvalue weighted by Gasteiger charge is -2.14. The molecule has 0 aliphatic rings. The Bertz CT molecular complexity index is 450. The van der Waals surface area contributed by atoms with E-state index in [0.717, 1.165) is 4.68 Å². The molecule has 16 heavy (non-hydrogen) atoms. The summed E-state index contributed by atoms with van der Waals surface area (Å²) in [7, 11) is 0. The molecule has 1 aromatic heterocycles. The average Bonchev–Trinajstić information content (AvgIpc) is 2.45. The van der Waals surface area contributed by atoms with Gasteiger partial charge in [-0.25, -0.2) is 9.59 Å². The van der Waals surface area contributed by atoms with E-state index >= 15 is 0 Å². The summed E-state index contributed by atoms with van der Waals surface area (Å²) in [6, 6.07) is -0.915. The summed E-state index contributed by atoms with van der Waals surface area (Å²) < 4.78 is 1.47. The van der Waals surface area contributed by atoms with Crippen molar-refractivity contribution in [3.8, 4) is 0 Å². The van der Waals surface area contributed by atoms with Crippen molar-refractivity contribution in [2.45, 2.75) is 32.2 Å². The van der Waals surface area contributed by atoms with Crippen LogP contribution in [-0.2, 0) is 0 Å². The number of nitrogens with one attached hydrogen (secondary N) is 1. The van der Waals surface area contributed by atoms with Gasteiger partial charge in [-0.2, -0.15) is 4.68 Å². The first-order valence-electron chi connectivity index (χ1n) is 4.73. The Morgan fingerprint density at radius 2 is 2.12 bits per heavy atom. The molecule has 0 aliphatic heterocycles. The van der Waals surface area contributed by atoms with Gasteiger partial charge >= 0.3 is 11.7 Å². The van der Waals surface area contributed by atoms with Gasteiger partial charge < -0.3 is 11.2 Å². The molecule has 90 valence electrons. The zero-order valence-electron chi connectivity index (χ0n) is 9.27. The van der Waals surface area contributed by atoms with Gasteiger partial charge in [-0.05, 0) is 20.8 Å². The van der Waals surface area contributed by atoms with E-state index in [1.54, 1.807) is 13.8 Å². The van der Waals surface area contributed by atoms with Crippen molar-refractivity contribution >= 4 is 17.6 Å². The highest BCUT2D eigenvalue weighted by molar-refractivity contribution is 6.20. The Labute approximate surface area is 97.1 Å². The predicted octanol–water partition coefficient (Wildman–Crippen LogP) is -0.359. The number of hydrogen-bond donors (Lipinski definition) is 2. The number of aromatic nitrogens is 3. The topological polar surface area (TPSA) is 94.9 Å². The van der Waals surface area contributed by atoms with Crippen molar-refractivity contribution in [2.24, 2.45) is 0 Å². The third kappa shape index (κ3) is 2.35. The molecule has 2 atom stereocenters. The summed E-state index contributed by atoms with van der Waals surface area (Å²) >= 11 is 5.78. The second-order valence-electron chi connectivity index (χ2n) is 3.53. The maximum atomic E-state index is 11.6. The molecule has 0 spiro atoms. The molecule has 7 nitrogen and oxygen atoms in total. The van der Waals surface area contributed by atoms with Crippen LogP contribution in [0.4, 0.5) is 4.79 Å². The molecule has 1 aromatic rings. The number of hydrogen-bond acceptors (Lipinski definition) is 4. The Hall–Kier alpha value is -1.50. The normalized spacial score (nSPS) is 14.5. The molecule has 0 saturated carbocycles. The van der Waals surface area contributed by atoms with Gasteiger partial charge in [0, 0.05) is 6.04 Å². The Morgan fingerprint density at radius 3 is 2.50 bits per heavy atom. The highest BCUT2D eigenvalue weighted by atomic mass is 35.5. The number of nitrogen functional groups attached to an aromatic ring is 1. The van der Waals surface area contributed by atoms with Crippen LogP contribution in [0.15, 0.2) is 4.79 Å². The van der Waals surface area contributed by atoms with Crippen LogP contribution in [0.25, 0.3) is 0 Å². The number of carbonyl (C=O) groups is 1. The molecule has 0 radical (unpaired) electrons. The molecule has 0 bridgehead atoms. The van der Waals surface area contributed by atoms with Crippen LogP contribution in [0.3, 0.4) is 0 Å². The fourth-order valence-electron chi connectivity index (χ4n) is 0.979. The molecule has 1 rings (SSSR count). The molecule has 1 heterocycles. The number of nitrogens with two attached hydrogens (primary N) is 1. The number of alkyl halides is 1. The van der Waals surface area contributed by atoms with E-state index in [2.05, 4.69) is 10.4 Å². The molecule has 8 heteroatoms. The summed E-state index contributed by atoms with van der Waals surface area (Å²) in [5.41, 5.74) is -0.690. The van der Waals surface area contributed by atoms with Crippen molar-refractivity contribution in [1.29, 1.82) is 0 Å². The Kier molecular flexibility index (Phi) is 3.58. The van der Waals surface area contributed by atoms with Gasteiger partial charge in [0.25, 0.3) is 0 Å². The fourth-order valence-corrected chi connectivity index (χ4v) is 1.04. The third-order valence-electron chi connectivity index (χ3n) is 2.21. The van der Waals surface area contributed by atoms with E-state index in [-0.39, 0.29) is 17.2 Å². The van der Waals surface area contributed by atoms with Gasteiger partial charge in [0.2, 0.25) is 0 Å². The second-order valence-corrected chi connectivity index (χ2v) is 4.22. The van der Waals surface area contributed by atoms with Gasteiger partial charge in [0.15, 0.2) is 5.82 Å². The zero-order chi connectivity index (χ0) is 12.5. The lowest BCUT2D eigenvalue weighted by Crippen LogP contribution is -2.45. The highest BCUT2D eigenvalue weighted by Crippen LogP contribution is 2.00. The smallest absolute Gasteiger partial charge is 0.333 e. The number of aryl methyl sites for hydroxylation is 1. The van der Waals surface area contributed by atoms with E-state index in [4.69, 9.17) is 17.4 Å². The van der Waals surface area contributed by atoms with Crippen molar-refractivity contribution < 1.29 is 4.79 Å². The minimum absolute atomic E-state index is 0.249. The summed E-state index contributed by atoms with van der Waals surface area (Å²) in [5.74, 6) is 5.60. The van der Waals surface area contributed by atoms with Gasteiger partial charge in [-0.3, -0.25) is 0 Å². The molecule has 2 unspecified atom stereocenters. The van der Waals surface area contributed by atoms with Crippen LogP contribution in [0.1, 0.15) is 19.7 Å². The summed E-state index contributed by atoms with van der Waals surface area (Å²) in [6.45, 7) is 4.99. The monoisotopic (exact) mass is 247 g/mol. The Balaban J connectivity index is 2.90. The van der Waals surface area contributed by atoms with Crippen molar-refractivity contribution in [3.05, 3.63) is 16.3 Å². The number of amides is 1. The molecular formula is C8H14ClN5O2. The zero-order valence-corrected chi connectivity index (χ0v) is 10.0. The van der Waals surface area contributed by atoms with E-state index in [1.807, 2.05) is 0 Å². The average molecular weight is 248 g/mol. The second kappa shape index (κ2) is 4.56. The molecule has 0 aliphatic carbocycles. The first-order chi connectivity index (χ1) is 7.34. The Morgan fingerprint density at radius 1 is 1.56 bits per heavy atom. The molecule has 0 saturated heterocycles. The van der Waals surface area contributed by atoms with Gasteiger partial charge in [-0.15, -0.1) is 21.4 Å². The van der Waals surface area contributed by atoms with Crippen molar-refractivity contribution in [1.82, 2.24) is 19.8 Å². The van der Waals surface area contributed by atoms with E-state index in [0.29, 0.717) is 4.68 Å². The molecule has 0 fully saturated rings. The van der Waals surface area contributed by atoms with E-state index in [1.165, 1.54) is 6.92 Å². The van der Waals surface area contributed by atoms with E-state index in [9.17, 15) is 9.59 Å². The molecule has 3 N–H and O–H groups in total. The highest BCUT2D eigenvalue weighted by Gasteiger charge is 2.18. The largest absolute Gasteiger partial charge is 0.373 e. The van der Waals surface area contributed by atoms with Crippen LogP contribution in [-0.4, -0.2) is 31.9 Å². The van der Waals surface area contributed by atoms with Gasteiger partial charge in [0.05, 0.1) is 5.38 Å². The SMILES string of the molecule is Cc1nn(C(=O)NC(C)C(C)Cl)c(=O)n1N. The van der Waals surface area contributed by atoms with Crippen LogP contribution in [0, 0.1) is 6.92 Å². The lowest BCUT2D eigenvalue weighted by atomic mass is 10.2. The number of carbonyl (C=O) groups excluding carboxylic acids is 1. The first-order valence-corrected chi connectivity index (χ1v) is 5.17. The number of nitrogens with zero attached hydrogens (tertiary/aromatic N) is 3. The van der Waals surface area contributed by atoms with Crippen LogP contribution in [0.2, 0.25) is 0 Å². The minimum Gasteiger partial charge on any atom is -0.333 e. The summed E-state index contributed by atoms with van der Waals surface area (Å²) in [5, 5.41) is 6.00. The van der Waals surface area contributed by atoms with Crippen LogP contribution < -0.4 is 16.8 Å². The van der Waals surface area contributed by atoms with Crippen molar-refractivity contribution in [2.75, 3.05) is 5.84 Å². The number of halogens is 1. The van der Waals surface area contributed by atoms with Crippen LogP contribution in [0.5, 0.6) is 0 Å². The maximum Gasteiger partial charge on any atom is 0.373 e. The van der Waals surface area contributed by atoms with E-state index < -0.39 is 11.7 Å². The molecule has 0 aromatic carbocycles.